The van der Waals surface area contributed by atoms with Crippen molar-refractivity contribution in [2.75, 3.05) is 24.3 Å². The first-order valence-electron chi connectivity index (χ1n) is 9.00. The highest BCUT2D eigenvalue weighted by molar-refractivity contribution is 6.08. The van der Waals surface area contributed by atoms with Crippen LogP contribution < -0.4 is 19.7 Å². The van der Waals surface area contributed by atoms with Crippen LogP contribution in [0.25, 0.3) is 11.1 Å². The molecule has 0 fully saturated rings. The van der Waals surface area contributed by atoms with E-state index in [2.05, 4.69) is 10.1 Å². The second-order valence-electron chi connectivity index (χ2n) is 6.92. The van der Waals surface area contributed by atoms with Gasteiger partial charge < -0.3 is 19.7 Å². The van der Waals surface area contributed by atoms with Gasteiger partial charge in [-0.2, -0.15) is 0 Å². The molecule has 0 unspecified atom stereocenters. The molecule has 154 valence electrons. The van der Waals surface area contributed by atoms with Gasteiger partial charge in [0.05, 0.1) is 11.3 Å². The summed E-state index contributed by atoms with van der Waals surface area (Å²) in [5.74, 6) is -0.405. The molecular formula is C22H17F3N2O3. The van der Waals surface area contributed by atoms with Crippen molar-refractivity contribution in [1.82, 2.24) is 0 Å². The lowest BCUT2D eigenvalue weighted by molar-refractivity contribution is -0.274. The third kappa shape index (κ3) is 4.03. The Labute approximate surface area is 170 Å². The molecular weight excluding hydrogens is 397 g/mol. The van der Waals surface area contributed by atoms with Gasteiger partial charge in [0, 0.05) is 25.8 Å². The highest BCUT2D eigenvalue weighted by Crippen LogP contribution is 2.40. The minimum absolute atomic E-state index is 0.0918. The zero-order valence-electron chi connectivity index (χ0n) is 16.1. The van der Waals surface area contributed by atoms with E-state index in [1.807, 2.05) is 49.3 Å². The first kappa shape index (κ1) is 19.6. The van der Waals surface area contributed by atoms with Gasteiger partial charge in [-0.05, 0) is 47.5 Å². The number of halogens is 3. The SMILES string of the molecule is CN(C)c1cccc(-c2ccc3c(c2)C(=O)Nc2cc(OC(F)(F)F)ccc2O3)c1. The van der Waals surface area contributed by atoms with Gasteiger partial charge in [-0.3, -0.25) is 4.79 Å². The number of rotatable bonds is 3. The molecule has 30 heavy (non-hydrogen) atoms. The largest absolute Gasteiger partial charge is 0.573 e. The average molecular weight is 414 g/mol. The monoisotopic (exact) mass is 414 g/mol. The molecule has 0 bridgehead atoms. The Kier molecular flexibility index (Phi) is 4.77. The van der Waals surface area contributed by atoms with Gasteiger partial charge in [-0.25, -0.2) is 0 Å². The van der Waals surface area contributed by atoms with Gasteiger partial charge in [0.25, 0.3) is 5.91 Å². The molecule has 3 aromatic carbocycles. The first-order chi connectivity index (χ1) is 14.2. The third-order valence-corrected chi connectivity index (χ3v) is 4.57. The van der Waals surface area contributed by atoms with E-state index in [0.29, 0.717) is 5.75 Å². The fraction of sp³-hybridized carbons (Fsp3) is 0.136. The van der Waals surface area contributed by atoms with Gasteiger partial charge in [0.1, 0.15) is 11.5 Å². The molecule has 3 aromatic rings. The molecule has 1 aliphatic rings. The lowest BCUT2D eigenvalue weighted by atomic mass is 10.0. The van der Waals surface area contributed by atoms with Crippen molar-refractivity contribution >= 4 is 17.3 Å². The van der Waals surface area contributed by atoms with Crippen molar-refractivity contribution in [3.8, 4) is 28.4 Å². The van der Waals surface area contributed by atoms with Crippen LogP contribution in [0.4, 0.5) is 24.5 Å². The summed E-state index contributed by atoms with van der Waals surface area (Å²) in [6.45, 7) is 0. The maximum Gasteiger partial charge on any atom is 0.573 e. The maximum atomic E-state index is 12.8. The fourth-order valence-corrected chi connectivity index (χ4v) is 3.14. The van der Waals surface area contributed by atoms with E-state index in [1.165, 1.54) is 6.07 Å². The summed E-state index contributed by atoms with van der Waals surface area (Å²) < 4.78 is 47.2. The molecule has 8 heteroatoms. The predicted octanol–water partition coefficient (Wildman–Crippen LogP) is 5.68. The molecule has 0 atom stereocenters. The minimum atomic E-state index is -4.83. The number of fused-ring (bicyclic) bond motifs is 2. The summed E-state index contributed by atoms with van der Waals surface area (Å²) in [4.78, 5) is 14.7. The van der Waals surface area contributed by atoms with Crippen molar-refractivity contribution in [2.45, 2.75) is 6.36 Å². The molecule has 1 aliphatic heterocycles. The molecule has 0 saturated carbocycles. The smallest absolute Gasteiger partial charge is 0.454 e. The van der Waals surface area contributed by atoms with Crippen molar-refractivity contribution < 1.29 is 27.4 Å². The van der Waals surface area contributed by atoms with Crippen molar-refractivity contribution in [3.05, 3.63) is 66.2 Å². The second kappa shape index (κ2) is 7.29. The number of carbonyl (C=O) groups excluding carboxylic acids is 1. The number of nitrogens with one attached hydrogen (secondary N) is 1. The van der Waals surface area contributed by atoms with E-state index in [-0.39, 0.29) is 17.0 Å². The van der Waals surface area contributed by atoms with Gasteiger partial charge >= 0.3 is 6.36 Å². The van der Waals surface area contributed by atoms with E-state index in [0.717, 1.165) is 28.9 Å². The summed E-state index contributed by atoms with van der Waals surface area (Å²) in [7, 11) is 3.87. The number of carbonyl (C=O) groups is 1. The molecule has 0 aliphatic carbocycles. The van der Waals surface area contributed by atoms with E-state index in [1.54, 1.807) is 12.1 Å². The lowest BCUT2D eigenvalue weighted by Gasteiger charge is -2.14. The van der Waals surface area contributed by atoms with Crippen LogP contribution >= 0.6 is 0 Å². The van der Waals surface area contributed by atoms with Crippen LogP contribution in [-0.2, 0) is 0 Å². The van der Waals surface area contributed by atoms with E-state index < -0.39 is 18.0 Å². The van der Waals surface area contributed by atoms with Gasteiger partial charge in [-0.15, -0.1) is 13.2 Å². The normalized spacial score (nSPS) is 12.8. The topological polar surface area (TPSA) is 50.8 Å². The number of ether oxygens (including phenoxy) is 2. The lowest BCUT2D eigenvalue weighted by Crippen LogP contribution is -2.17. The van der Waals surface area contributed by atoms with Gasteiger partial charge in [-0.1, -0.05) is 18.2 Å². The molecule has 0 aromatic heterocycles. The molecule has 0 saturated heterocycles. The number of alkyl halides is 3. The van der Waals surface area contributed by atoms with Gasteiger partial charge in [0.2, 0.25) is 0 Å². The van der Waals surface area contributed by atoms with Gasteiger partial charge in [0.15, 0.2) is 5.75 Å². The zero-order valence-corrected chi connectivity index (χ0v) is 16.1. The average Bonchev–Trinajstić information content (AvgIpc) is 2.82. The molecule has 1 amide bonds. The van der Waals surface area contributed by atoms with Crippen LogP contribution in [0.1, 0.15) is 10.4 Å². The molecule has 4 rings (SSSR count). The van der Waals surface area contributed by atoms with Crippen LogP contribution in [0.3, 0.4) is 0 Å². The second-order valence-corrected chi connectivity index (χ2v) is 6.92. The van der Waals surface area contributed by atoms with E-state index >= 15 is 0 Å². The quantitative estimate of drug-likeness (QED) is 0.600. The Balaban J connectivity index is 1.68. The van der Waals surface area contributed by atoms with Crippen molar-refractivity contribution in [2.24, 2.45) is 0 Å². The van der Waals surface area contributed by atoms with Crippen LogP contribution in [-0.4, -0.2) is 26.4 Å². The maximum absolute atomic E-state index is 12.8. The third-order valence-electron chi connectivity index (χ3n) is 4.57. The van der Waals surface area contributed by atoms with Crippen molar-refractivity contribution in [1.29, 1.82) is 0 Å². The standard InChI is InChI=1S/C22H17F3N2O3/c1-27(2)15-5-3-4-13(10-15)14-6-8-19-17(11-14)21(28)26-18-12-16(30-22(23,24)25)7-9-20(18)29-19/h3-12H,1-2H3,(H,26,28). The summed E-state index contributed by atoms with van der Waals surface area (Å²) in [6, 6.07) is 16.5. The molecule has 0 radical (unpaired) electrons. The molecule has 5 nitrogen and oxygen atoms in total. The molecule has 1 heterocycles. The van der Waals surface area contributed by atoms with Crippen LogP contribution in [0, 0.1) is 0 Å². The van der Waals surface area contributed by atoms with Crippen LogP contribution in [0.15, 0.2) is 60.7 Å². The summed E-state index contributed by atoms with van der Waals surface area (Å²) in [5.41, 5.74) is 3.10. The summed E-state index contributed by atoms with van der Waals surface area (Å²) >= 11 is 0. The number of anilines is 2. The first-order valence-corrected chi connectivity index (χ1v) is 9.00. The number of amides is 1. The Morgan fingerprint density at radius 3 is 2.40 bits per heavy atom. The molecule has 1 N–H and O–H groups in total. The minimum Gasteiger partial charge on any atom is -0.454 e. The van der Waals surface area contributed by atoms with Crippen LogP contribution in [0.5, 0.6) is 17.2 Å². The highest BCUT2D eigenvalue weighted by Gasteiger charge is 2.32. The zero-order chi connectivity index (χ0) is 21.5. The Bertz CT molecular complexity index is 1130. The molecule has 0 spiro atoms. The predicted molar refractivity (Wildman–Crippen MR) is 107 cm³/mol. The highest BCUT2D eigenvalue weighted by atomic mass is 19.4. The summed E-state index contributed by atoms with van der Waals surface area (Å²) in [5, 5.41) is 2.59. The van der Waals surface area contributed by atoms with Crippen molar-refractivity contribution in [3.63, 3.8) is 0 Å². The fourth-order valence-electron chi connectivity index (χ4n) is 3.14. The van der Waals surface area contributed by atoms with Crippen LogP contribution in [0.2, 0.25) is 0 Å². The number of hydrogen-bond acceptors (Lipinski definition) is 4. The van der Waals surface area contributed by atoms with E-state index in [4.69, 9.17) is 4.74 Å². The Hall–Kier alpha value is -3.68. The number of nitrogens with zero attached hydrogens (tertiary/aromatic N) is 1. The number of hydrogen-bond donors (Lipinski definition) is 1. The summed E-state index contributed by atoms with van der Waals surface area (Å²) in [6.07, 6.45) is -4.83. The number of benzene rings is 3. The Morgan fingerprint density at radius 1 is 0.933 bits per heavy atom. The Morgan fingerprint density at radius 2 is 1.67 bits per heavy atom. The van der Waals surface area contributed by atoms with E-state index in [9.17, 15) is 18.0 Å².